The Kier molecular flexibility index (Phi) is 6.23. The van der Waals surface area contributed by atoms with Gasteiger partial charge < -0.3 is 21.0 Å². The van der Waals surface area contributed by atoms with Gasteiger partial charge >= 0.3 is 12.3 Å². The zero-order valence-corrected chi connectivity index (χ0v) is 14.9. The summed E-state index contributed by atoms with van der Waals surface area (Å²) in [6.07, 6.45) is -4.85. The summed E-state index contributed by atoms with van der Waals surface area (Å²) in [6.45, 7) is 0. The smallest absolute Gasteiger partial charge is 0.476 e. The van der Waals surface area contributed by atoms with Crippen molar-refractivity contribution in [1.29, 1.82) is 0 Å². The molecule has 0 bridgehead atoms. The van der Waals surface area contributed by atoms with Crippen LogP contribution in [-0.2, 0) is 4.79 Å². The molecule has 0 atom stereocenters. The lowest BCUT2D eigenvalue weighted by Crippen LogP contribution is -2.29. The number of nitrogens with two attached hydrogens (primary N) is 2. The maximum atomic E-state index is 12.3. The van der Waals surface area contributed by atoms with E-state index in [0.717, 1.165) is 17.8 Å². The molecule has 1 aromatic carbocycles. The van der Waals surface area contributed by atoms with Gasteiger partial charge in [-0.05, 0) is 30.0 Å². The summed E-state index contributed by atoms with van der Waals surface area (Å²) < 4.78 is 40.6. The number of alkyl halides is 3. The summed E-state index contributed by atoms with van der Waals surface area (Å²) >= 11 is 7.83. The third-order valence-corrected chi connectivity index (χ3v) is 4.88. The van der Waals surface area contributed by atoms with Crippen LogP contribution in [0.3, 0.4) is 0 Å². The van der Waals surface area contributed by atoms with Crippen molar-refractivity contribution >= 4 is 40.7 Å². The molecule has 140 valence electrons. The number of nitrogens with zero attached hydrogens (tertiary/aromatic N) is 1. The predicted molar refractivity (Wildman–Crippen MR) is 91.3 cm³/mol. The summed E-state index contributed by atoms with van der Waals surface area (Å²) in [7, 11) is 0. The maximum absolute atomic E-state index is 12.3. The van der Waals surface area contributed by atoms with Gasteiger partial charge in [-0.2, -0.15) is 0 Å². The lowest BCUT2D eigenvalue weighted by molar-refractivity contribution is -0.274. The molecule has 0 spiro atoms. The van der Waals surface area contributed by atoms with Crippen LogP contribution in [0.4, 0.5) is 13.2 Å². The fraction of sp³-hybridized carbons (Fsp3) is 0.0769. The number of aliphatic carboxylic acids is 1. The minimum absolute atomic E-state index is 0.108. The van der Waals surface area contributed by atoms with Crippen molar-refractivity contribution in [3.05, 3.63) is 39.3 Å². The van der Waals surface area contributed by atoms with Crippen LogP contribution in [0, 0.1) is 0 Å². The van der Waals surface area contributed by atoms with Crippen LogP contribution >= 0.6 is 34.7 Å². The Balaban J connectivity index is 2.22. The van der Waals surface area contributed by atoms with Gasteiger partial charge in [0.25, 0.3) is 0 Å². The second-order valence-electron chi connectivity index (χ2n) is 4.47. The second-order valence-corrected chi connectivity index (χ2v) is 6.80. The minimum Gasteiger partial charge on any atom is -0.476 e. The Morgan fingerprint density at radius 1 is 1.42 bits per heavy atom. The molecule has 1 heterocycles. The van der Waals surface area contributed by atoms with Crippen molar-refractivity contribution in [2.75, 3.05) is 0 Å². The molecule has 1 aromatic heterocycles. The number of thiazole rings is 1. The molecule has 0 unspecified atom stereocenters. The van der Waals surface area contributed by atoms with Gasteiger partial charge in [0.1, 0.15) is 20.8 Å². The van der Waals surface area contributed by atoms with Crippen LogP contribution in [-0.4, -0.2) is 22.4 Å². The highest BCUT2D eigenvalue weighted by Gasteiger charge is 2.32. The molecule has 0 radical (unpaired) electrons. The van der Waals surface area contributed by atoms with Crippen molar-refractivity contribution in [1.82, 2.24) is 10.4 Å². The normalized spacial score (nSPS) is 12.5. The highest BCUT2D eigenvalue weighted by atomic mass is 35.5. The van der Waals surface area contributed by atoms with Crippen molar-refractivity contribution in [2.24, 2.45) is 11.6 Å². The quantitative estimate of drug-likeness (QED) is 0.240. The van der Waals surface area contributed by atoms with Gasteiger partial charge in [-0.25, -0.2) is 9.78 Å². The standard InChI is InChI=1S/C13H10ClF3N4O3S2/c14-6-3-5(1-2-7(6)24-13(15,16)17)11-20-8(4-25-11)26-10(18)9(21-19)12(22)23/h1-4,21H,18-19H2,(H,22,23)/b10-9+. The fourth-order valence-corrected chi connectivity index (χ4v) is 3.59. The first-order valence-electron chi connectivity index (χ1n) is 6.49. The molecule has 0 saturated carbocycles. The fourth-order valence-electron chi connectivity index (χ4n) is 1.68. The number of hydrogen-bond donors (Lipinski definition) is 4. The van der Waals surface area contributed by atoms with E-state index in [-0.39, 0.29) is 15.7 Å². The van der Waals surface area contributed by atoms with E-state index < -0.39 is 18.1 Å². The van der Waals surface area contributed by atoms with E-state index in [4.69, 9.17) is 28.3 Å². The van der Waals surface area contributed by atoms with Crippen LogP contribution in [0.25, 0.3) is 10.6 Å². The third-order valence-electron chi connectivity index (χ3n) is 2.71. The minimum atomic E-state index is -4.85. The van der Waals surface area contributed by atoms with Crippen molar-refractivity contribution in [3.8, 4) is 16.3 Å². The molecule has 0 aliphatic heterocycles. The molecule has 0 saturated heterocycles. The molecular weight excluding hydrogens is 417 g/mol. The largest absolute Gasteiger partial charge is 0.573 e. The summed E-state index contributed by atoms with van der Waals surface area (Å²) in [5.41, 5.74) is 7.70. The van der Waals surface area contributed by atoms with Crippen LogP contribution in [0.2, 0.25) is 5.02 Å². The molecule has 0 amide bonds. The van der Waals surface area contributed by atoms with Crippen LogP contribution < -0.4 is 21.7 Å². The van der Waals surface area contributed by atoms with E-state index in [2.05, 4.69) is 9.72 Å². The van der Waals surface area contributed by atoms with Gasteiger partial charge in [-0.15, -0.1) is 24.5 Å². The van der Waals surface area contributed by atoms with Gasteiger partial charge in [0.15, 0.2) is 5.70 Å². The number of ether oxygens (including phenoxy) is 1. The van der Waals surface area contributed by atoms with E-state index in [1.165, 1.54) is 23.5 Å². The number of carbonyl (C=O) groups is 1. The van der Waals surface area contributed by atoms with E-state index in [1.54, 1.807) is 5.38 Å². The molecule has 26 heavy (non-hydrogen) atoms. The number of hydrazine groups is 1. The second kappa shape index (κ2) is 8.03. The van der Waals surface area contributed by atoms with E-state index in [1.807, 2.05) is 5.43 Å². The van der Waals surface area contributed by atoms with Crippen molar-refractivity contribution < 1.29 is 27.8 Å². The maximum Gasteiger partial charge on any atom is 0.573 e. The first kappa shape index (κ1) is 20.2. The topological polar surface area (TPSA) is 123 Å². The number of benzene rings is 1. The summed E-state index contributed by atoms with van der Waals surface area (Å²) in [5, 5.41) is 11.0. The summed E-state index contributed by atoms with van der Waals surface area (Å²) in [4.78, 5) is 15.2. The van der Waals surface area contributed by atoms with E-state index in [9.17, 15) is 18.0 Å². The first-order chi connectivity index (χ1) is 12.1. The average Bonchev–Trinajstić information content (AvgIpc) is 2.96. The Morgan fingerprint density at radius 3 is 2.65 bits per heavy atom. The van der Waals surface area contributed by atoms with E-state index >= 15 is 0 Å². The molecule has 6 N–H and O–H groups in total. The number of rotatable bonds is 6. The number of aromatic nitrogens is 1. The number of nitrogens with one attached hydrogen (secondary N) is 1. The Bertz CT molecular complexity index is 857. The van der Waals surface area contributed by atoms with Crippen LogP contribution in [0.1, 0.15) is 0 Å². The zero-order chi connectivity index (χ0) is 19.5. The lowest BCUT2D eigenvalue weighted by Gasteiger charge is -2.10. The van der Waals surface area contributed by atoms with Gasteiger partial charge in [0.05, 0.1) is 5.02 Å². The van der Waals surface area contributed by atoms with Gasteiger partial charge in [-0.1, -0.05) is 11.6 Å². The third kappa shape index (κ3) is 5.17. The highest BCUT2D eigenvalue weighted by Crippen LogP contribution is 2.36. The van der Waals surface area contributed by atoms with E-state index in [0.29, 0.717) is 15.6 Å². The molecule has 13 heteroatoms. The molecule has 7 nitrogen and oxygen atoms in total. The molecule has 2 rings (SSSR count). The predicted octanol–water partition coefficient (Wildman–Crippen LogP) is 3.13. The monoisotopic (exact) mass is 426 g/mol. The molecular formula is C13H10ClF3N4O3S2. The van der Waals surface area contributed by atoms with Crippen LogP contribution in [0.5, 0.6) is 5.75 Å². The Hall–Kier alpha value is -2.15. The Morgan fingerprint density at radius 2 is 2.12 bits per heavy atom. The highest BCUT2D eigenvalue weighted by molar-refractivity contribution is 8.03. The molecule has 0 aliphatic rings. The van der Waals surface area contributed by atoms with Gasteiger partial charge in [-0.3, -0.25) is 5.84 Å². The molecule has 2 aromatic rings. The number of carboxylic acid groups (broad SMARTS) is 1. The first-order valence-corrected chi connectivity index (χ1v) is 8.57. The SMILES string of the molecule is NN/C(C(=O)O)=C(\N)Sc1csc(-c2ccc(OC(F)(F)F)c(Cl)c2)n1. The summed E-state index contributed by atoms with van der Waals surface area (Å²) in [5.74, 6) is 3.23. The average molecular weight is 427 g/mol. The van der Waals surface area contributed by atoms with Crippen molar-refractivity contribution in [2.45, 2.75) is 11.4 Å². The zero-order valence-electron chi connectivity index (χ0n) is 12.5. The number of hydrogen-bond acceptors (Lipinski definition) is 8. The van der Waals surface area contributed by atoms with Crippen molar-refractivity contribution in [3.63, 3.8) is 0 Å². The van der Waals surface area contributed by atoms with Gasteiger partial charge in [0.2, 0.25) is 0 Å². The molecule has 0 fully saturated rings. The lowest BCUT2D eigenvalue weighted by atomic mass is 10.2. The van der Waals surface area contributed by atoms with Gasteiger partial charge in [0, 0.05) is 10.9 Å². The number of thioether (sulfide) groups is 1. The molecule has 0 aliphatic carbocycles. The Labute approximate surface area is 157 Å². The summed E-state index contributed by atoms with van der Waals surface area (Å²) in [6, 6.07) is 3.72. The number of carboxylic acids is 1. The number of halogens is 4. The van der Waals surface area contributed by atoms with Crippen LogP contribution in [0.15, 0.2) is 39.3 Å².